The molecule has 21 heavy (non-hydrogen) atoms. The van der Waals surface area contributed by atoms with Gasteiger partial charge in [-0.05, 0) is 43.5 Å². The summed E-state index contributed by atoms with van der Waals surface area (Å²) in [7, 11) is 1.63. The number of thiocarbonyl (C=S) groups is 1. The van der Waals surface area contributed by atoms with Crippen LogP contribution in [0.5, 0.6) is 5.75 Å². The van der Waals surface area contributed by atoms with Gasteiger partial charge in [0.05, 0.1) is 17.5 Å². The van der Waals surface area contributed by atoms with Gasteiger partial charge < -0.3 is 15.8 Å². The third-order valence-electron chi connectivity index (χ3n) is 4.27. The minimum absolute atomic E-state index is 0.0840. The van der Waals surface area contributed by atoms with E-state index in [9.17, 15) is 4.79 Å². The maximum absolute atomic E-state index is 12.7. The largest absolute Gasteiger partial charge is 0.496 e. The van der Waals surface area contributed by atoms with Gasteiger partial charge in [0.25, 0.3) is 0 Å². The van der Waals surface area contributed by atoms with Crippen LogP contribution in [0, 0.1) is 12.3 Å². The number of hydrogen-bond donors (Lipinski definition) is 2. The fraction of sp³-hybridized carbons (Fsp3) is 0.500. The van der Waals surface area contributed by atoms with Crippen molar-refractivity contribution in [2.75, 3.05) is 12.4 Å². The van der Waals surface area contributed by atoms with Crippen molar-refractivity contribution in [1.82, 2.24) is 0 Å². The van der Waals surface area contributed by atoms with E-state index in [-0.39, 0.29) is 5.91 Å². The molecule has 1 aliphatic carbocycles. The molecule has 0 aromatic heterocycles. The van der Waals surface area contributed by atoms with E-state index in [2.05, 4.69) is 5.32 Å². The normalized spacial score (nSPS) is 17.0. The first-order valence-electron chi connectivity index (χ1n) is 7.25. The molecular formula is C16H22N2O2S. The number of nitrogens with two attached hydrogens (primary N) is 1. The van der Waals surface area contributed by atoms with E-state index in [0.29, 0.717) is 4.99 Å². The highest BCUT2D eigenvalue weighted by Gasteiger charge is 2.42. The average Bonchev–Trinajstić information content (AvgIpc) is 2.48. The molecule has 1 aliphatic rings. The first-order valence-corrected chi connectivity index (χ1v) is 7.66. The zero-order chi connectivity index (χ0) is 15.5. The van der Waals surface area contributed by atoms with Gasteiger partial charge in [0, 0.05) is 5.69 Å². The molecule has 114 valence electrons. The number of hydrogen-bond acceptors (Lipinski definition) is 3. The molecule has 0 radical (unpaired) electrons. The number of anilines is 1. The molecule has 4 nitrogen and oxygen atoms in total. The van der Waals surface area contributed by atoms with Crippen molar-refractivity contribution in [3.63, 3.8) is 0 Å². The van der Waals surface area contributed by atoms with Gasteiger partial charge in [-0.15, -0.1) is 0 Å². The van der Waals surface area contributed by atoms with Gasteiger partial charge in [0.1, 0.15) is 5.75 Å². The second-order valence-corrected chi connectivity index (χ2v) is 6.09. The lowest BCUT2D eigenvalue weighted by molar-refractivity contribution is -0.123. The zero-order valence-electron chi connectivity index (χ0n) is 12.6. The molecule has 5 heteroatoms. The van der Waals surface area contributed by atoms with Gasteiger partial charge in [-0.25, -0.2) is 0 Å². The second-order valence-electron chi connectivity index (χ2n) is 5.65. The number of rotatable bonds is 4. The Labute approximate surface area is 131 Å². The van der Waals surface area contributed by atoms with E-state index >= 15 is 0 Å². The topological polar surface area (TPSA) is 64.3 Å². The first kappa shape index (κ1) is 15.8. The van der Waals surface area contributed by atoms with E-state index in [4.69, 9.17) is 22.7 Å². The fourth-order valence-electron chi connectivity index (χ4n) is 2.95. The van der Waals surface area contributed by atoms with Crippen molar-refractivity contribution in [1.29, 1.82) is 0 Å². The maximum Gasteiger partial charge on any atom is 0.237 e. The Morgan fingerprint density at radius 2 is 2.00 bits per heavy atom. The van der Waals surface area contributed by atoms with Gasteiger partial charge >= 0.3 is 0 Å². The molecule has 0 spiro atoms. The molecule has 0 bridgehead atoms. The van der Waals surface area contributed by atoms with E-state index in [1.54, 1.807) is 7.11 Å². The van der Waals surface area contributed by atoms with Crippen LogP contribution in [0.4, 0.5) is 5.69 Å². The molecule has 0 aliphatic heterocycles. The van der Waals surface area contributed by atoms with Crippen LogP contribution in [0.25, 0.3) is 0 Å². The summed E-state index contributed by atoms with van der Waals surface area (Å²) in [4.78, 5) is 13.0. The molecule has 1 saturated carbocycles. The molecule has 0 heterocycles. The van der Waals surface area contributed by atoms with E-state index < -0.39 is 5.41 Å². The van der Waals surface area contributed by atoms with Crippen LogP contribution in [-0.4, -0.2) is 18.0 Å². The molecule has 1 aromatic carbocycles. The lowest BCUT2D eigenvalue weighted by Crippen LogP contribution is -2.47. The number of amides is 1. The van der Waals surface area contributed by atoms with Gasteiger partial charge in [0.2, 0.25) is 5.91 Å². The van der Waals surface area contributed by atoms with Crippen LogP contribution >= 0.6 is 12.2 Å². The van der Waals surface area contributed by atoms with Crippen LogP contribution in [0.1, 0.15) is 37.7 Å². The quantitative estimate of drug-likeness (QED) is 0.839. The molecular weight excluding hydrogens is 284 g/mol. The summed E-state index contributed by atoms with van der Waals surface area (Å²) in [6.45, 7) is 1.94. The third kappa shape index (κ3) is 3.18. The highest BCUT2D eigenvalue weighted by atomic mass is 32.1. The summed E-state index contributed by atoms with van der Waals surface area (Å²) in [6, 6.07) is 5.58. The van der Waals surface area contributed by atoms with Gasteiger partial charge in [-0.2, -0.15) is 0 Å². The number of carbonyl (C=O) groups excluding carboxylic acids is 1. The summed E-state index contributed by atoms with van der Waals surface area (Å²) in [5, 5.41) is 2.96. The van der Waals surface area contributed by atoms with Crippen molar-refractivity contribution >= 4 is 28.8 Å². The minimum Gasteiger partial charge on any atom is -0.496 e. The standard InChI is InChI=1S/C16H22N2O2S/c1-11-10-12(6-7-13(11)20-2)18-15(19)16(14(17)21)8-4-3-5-9-16/h6-7,10H,3-5,8-9H2,1-2H3,(H2,17,21)(H,18,19). The fourth-order valence-corrected chi connectivity index (χ4v) is 3.24. The summed E-state index contributed by atoms with van der Waals surface area (Å²) in [6.07, 6.45) is 4.60. The van der Waals surface area contributed by atoms with Crippen LogP contribution in [-0.2, 0) is 4.79 Å². The lowest BCUT2D eigenvalue weighted by atomic mass is 9.73. The van der Waals surface area contributed by atoms with Crippen LogP contribution < -0.4 is 15.8 Å². The first-order chi connectivity index (χ1) is 9.99. The van der Waals surface area contributed by atoms with E-state index in [1.807, 2.05) is 25.1 Å². The number of benzene rings is 1. The van der Waals surface area contributed by atoms with Crippen molar-refractivity contribution in [3.8, 4) is 5.75 Å². The monoisotopic (exact) mass is 306 g/mol. The predicted molar refractivity (Wildman–Crippen MR) is 88.7 cm³/mol. The Hall–Kier alpha value is -1.62. The average molecular weight is 306 g/mol. The Kier molecular flexibility index (Phi) is 4.83. The second kappa shape index (κ2) is 6.43. The van der Waals surface area contributed by atoms with Crippen LogP contribution in [0.2, 0.25) is 0 Å². The molecule has 0 saturated heterocycles. The summed E-state index contributed by atoms with van der Waals surface area (Å²) < 4.78 is 5.23. The highest BCUT2D eigenvalue weighted by Crippen LogP contribution is 2.38. The van der Waals surface area contributed by atoms with Crippen LogP contribution in [0.15, 0.2) is 18.2 Å². The number of aryl methyl sites for hydroxylation is 1. The minimum atomic E-state index is -0.693. The molecule has 1 fully saturated rings. The van der Waals surface area contributed by atoms with E-state index in [1.165, 1.54) is 0 Å². The Balaban J connectivity index is 2.19. The highest BCUT2D eigenvalue weighted by molar-refractivity contribution is 7.80. The molecule has 3 N–H and O–H groups in total. The molecule has 0 atom stereocenters. The summed E-state index contributed by atoms with van der Waals surface area (Å²) >= 11 is 5.18. The van der Waals surface area contributed by atoms with E-state index in [0.717, 1.165) is 49.1 Å². The van der Waals surface area contributed by atoms with Gasteiger partial charge in [-0.1, -0.05) is 31.5 Å². The summed E-state index contributed by atoms with van der Waals surface area (Å²) in [5.41, 5.74) is 6.91. The van der Waals surface area contributed by atoms with Crippen molar-refractivity contribution in [3.05, 3.63) is 23.8 Å². The lowest BCUT2D eigenvalue weighted by Gasteiger charge is -2.34. The number of methoxy groups -OCH3 is 1. The zero-order valence-corrected chi connectivity index (χ0v) is 13.4. The summed E-state index contributed by atoms with van der Waals surface area (Å²) in [5.74, 6) is 0.717. The number of ether oxygens (including phenoxy) is 1. The third-order valence-corrected chi connectivity index (χ3v) is 4.66. The van der Waals surface area contributed by atoms with Crippen molar-refractivity contribution < 1.29 is 9.53 Å². The Morgan fingerprint density at radius 3 is 2.52 bits per heavy atom. The van der Waals surface area contributed by atoms with Gasteiger partial charge in [-0.3, -0.25) is 4.79 Å². The molecule has 1 aromatic rings. The van der Waals surface area contributed by atoms with Gasteiger partial charge in [0.15, 0.2) is 0 Å². The number of carbonyl (C=O) groups is 1. The Bertz CT molecular complexity index is 551. The van der Waals surface area contributed by atoms with Crippen LogP contribution in [0.3, 0.4) is 0 Å². The smallest absolute Gasteiger partial charge is 0.237 e. The molecule has 0 unspecified atom stereocenters. The van der Waals surface area contributed by atoms with Crippen molar-refractivity contribution in [2.24, 2.45) is 11.1 Å². The van der Waals surface area contributed by atoms with Crippen molar-refractivity contribution in [2.45, 2.75) is 39.0 Å². The Morgan fingerprint density at radius 1 is 1.33 bits per heavy atom. The molecule has 1 amide bonds. The molecule has 2 rings (SSSR count). The predicted octanol–water partition coefficient (Wildman–Crippen LogP) is 3.18. The number of nitrogens with one attached hydrogen (secondary N) is 1. The SMILES string of the molecule is COc1ccc(NC(=O)C2(C(N)=S)CCCCC2)cc1C. The maximum atomic E-state index is 12.7.